The number of rotatable bonds is 2. The third kappa shape index (κ3) is 1.75. The standard InChI is InChI=1S/C15H17NO2/c1-2-6-12-9-13-10-18-15(16(13)14(12)17)11-7-4-3-5-8-11/h3-8,13,15H,2,9-10H2,1H3/b12-6+/t13?,15-/m1/s1. The SMILES string of the molecule is CC/C=C1\CC2CO[C@H](c3ccccc3)N2C1=O. The Hall–Kier alpha value is -1.61. The minimum Gasteiger partial charge on any atom is -0.352 e. The van der Waals surface area contributed by atoms with Gasteiger partial charge in [-0.05, 0) is 6.42 Å². The zero-order valence-electron chi connectivity index (χ0n) is 10.5. The van der Waals surface area contributed by atoms with Gasteiger partial charge in [-0.15, -0.1) is 0 Å². The minimum atomic E-state index is -0.202. The molecule has 0 saturated carbocycles. The predicted octanol–water partition coefficient (Wildman–Crippen LogP) is 2.65. The molecule has 94 valence electrons. The fourth-order valence-electron chi connectivity index (χ4n) is 2.78. The second-order valence-corrected chi connectivity index (χ2v) is 4.80. The van der Waals surface area contributed by atoms with Crippen molar-refractivity contribution in [1.29, 1.82) is 0 Å². The van der Waals surface area contributed by atoms with E-state index in [4.69, 9.17) is 4.74 Å². The van der Waals surface area contributed by atoms with Crippen molar-refractivity contribution in [2.24, 2.45) is 0 Å². The Bertz CT molecular complexity index is 481. The van der Waals surface area contributed by atoms with Crippen LogP contribution in [0.25, 0.3) is 0 Å². The molecule has 2 heterocycles. The molecule has 3 rings (SSSR count). The average molecular weight is 243 g/mol. The maximum Gasteiger partial charge on any atom is 0.252 e. The summed E-state index contributed by atoms with van der Waals surface area (Å²) in [5, 5.41) is 0. The number of hydrogen-bond donors (Lipinski definition) is 0. The van der Waals surface area contributed by atoms with E-state index in [-0.39, 0.29) is 18.2 Å². The van der Waals surface area contributed by atoms with Crippen LogP contribution in [0.1, 0.15) is 31.6 Å². The molecule has 0 N–H and O–H groups in total. The predicted molar refractivity (Wildman–Crippen MR) is 68.8 cm³/mol. The van der Waals surface area contributed by atoms with Crippen molar-refractivity contribution in [3.05, 3.63) is 47.5 Å². The first-order chi connectivity index (χ1) is 8.81. The first-order valence-electron chi connectivity index (χ1n) is 6.49. The van der Waals surface area contributed by atoms with E-state index in [1.165, 1.54) is 0 Å². The summed E-state index contributed by atoms with van der Waals surface area (Å²) in [5.74, 6) is 0.146. The zero-order chi connectivity index (χ0) is 12.5. The molecule has 1 amide bonds. The van der Waals surface area contributed by atoms with Gasteiger partial charge in [0.05, 0.1) is 12.6 Å². The van der Waals surface area contributed by atoms with Gasteiger partial charge in [0.2, 0.25) is 0 Å². The summed E-state index contributed by atoms with van der Waals surface area (Å²) >= 11 is 0. The lowest BCUT2D eigenvalue weighted by Gasteiger charge is -2.22. The van der Waals surface area contributed by atoms with Gasteiger partial charge in [0.15, 0.2) is 6.23 Å². The van der Waals surface area contributed by atoms with Crippen LogP contribution in [-0.4, -0.2) is 23.5 Å². The summed E-state index contributed by atoms with van der Waals surface area (Å²) in [6.45, 7) is 2.71. The van der Waals surface area contributed by atoms with Crippen molar-refractivity contribution < 1.29 is 9.53 Å². The average Bonchev–Trinajstić information content (AvgIpc) is 2.93. The number of carbonyl (C=O) groups excluding carboxylic acids is 1. The Morgan fingerprint density at radius 2 is 2.17 bits per heavy atom. The summed E-state index contributed by atoms with van der Waals surface area (Å²) in [6.07, 6.45) is 3.59. The van der Waals surface area contributed by atoms with E-state index in [0.29, 0.717) is 6.61 Å². The lowest BCUT2D eigenvalue weighted by atomic mass is 10.1. The van der Waals surface area contributed by atoms with E-state index in [2.05, 4.69) is 6.92 Å². The quantitative estimate of drug-likeness (QED) is 0.747. The number of amides is 1. The molecule has 1 aromatic carbocycles. The van der Waals surface area contributed by atoms with Crippen LogP contribution in [0.3, 0.4) is 0 Å². The highest BCUT2D eigenvalue weighted by Gasteiger charge is 2.45. The van der Waals surface area contributed by atoms with Crippen LogP contribution in [0, 0.1) is 0 Å². The van der Waals surface area contributed by atoms with Gasteiger partial charge < -0.3 is 9.64 Å². The first-order valence-corrected chi connectivity index (χ1v) is 6.49. The van der Waals surface area contributed by atoms with Gasteiger partial charge in [-0.3, -0.25) is 4.79 Å². The maximum absolute atomic E-state index is 12.3. The number of benzene rings is 1. The molecule has 0 radical (unpaired) electrons. The van der Waals surface area contributed by atoms with E-state index in [1.807, 2.05) is 41.3 Å². The van der Waals surface area contributed by atoms with Crippen LogP contribution in [-0.2, 0) is 9.53 Å². The second kappa shape index (κ2) is 4.58. The molecule has 2 saturated heterocycles. The summed E-state index contributed by atoms with van der Waals surface area (Å²) in [7, 11) is 0. The minimum absolute atomic E-state index is 0.146. The van der Waals surface area contributed by atoms with Gasteiger partial charge in [0.25, 0.3) is 5.91 Å². The fraction of sp³-hybridized carbons (Fsp3) is 0.400. The Kier molecular flexibility index (Phi) is 2.92. The smallest absolute Gasteiger partial charge is 0.252 e. The molecule has 18 heavy (non-hydrogen) atoms. The van der Waals surface area contributed by atoms with Crippen molar-refractivity contribution in [2.45, 2.75) is 32.0 Å². The molecule has 0 aliphatic carbocycles. The zero-order valence-corrected chi connectivity index (χ0v) is 10.5. The molecule has 2 aliphatic rings. The van der Waals surface area contributed by atoms with Crippen LogP contribution >= 0.6 is 0 Å². The Morgan fingerprint density at radius 1 is 1.39 bits per heavy atom. The fourth-order valence-corrected chi connectivity index (χ4v) is 2.78. The van der Waals surface area contributed by atoms with Crippen molar-refractivity contribution in [3.8, 4) is 0 Å². The summed E-state index contributed by atoms with van der Waals surface area (Å²) in [5.41, 5.74) is 2.01. The van der Waals surface area contributed by atoms with Crippen LogP contribution in [0.5, 0.6) is 0 Å². The molecule has 0 aromatic heterocycles. The molecule has 0 bridgehead atoms. The summed E-state index contributed by atoms with van der Waals surface area (Å²) in [4.78, 5) is 14.2. The van der Waals surface area contributed by atoms with Gasteiger partial charge in [-0.25, -0.2) is 0 Å². The van der Waals surface area contributed by atoms with E-state index in [1.54, 1.807) is 0 Å². The third-order valence-corrected chi connectivity index (χ3v) is 3.59. The van der Waals surface area contributed by atoms with Crippen molar-refractivity contribution in [1.82, 2.24) is 4.90 Å². The van der Waals surface area contributed by atoms with Crippen molar-refractivity contribution in [2.75, 3.05) is 6.61 Å². The van der Waals surface area contributed by atoms with Gasteiger partial charge in [0.1, 0.15) is 0 Å². The van der Waals surface area contributed by atoms with Crippen LogP contribution in [0.15, 0.2) is 42.0 Å². The van der Waals surface area contributed by atoms with Gasteiger partial charge in [0, 0.05) is 17.6 Å². The molecule has 1 aromatic rings. The highest BCUT2D eigenvalue weighted by molar-refractivity contribution is 5.96. The summed E-state index contributed by atoms with van der Waals surface area (Å²) in [6, 6.07) is 10.2. The molecule has 2 fully saturated rings. The lowest BCUT2D eigenvalue weighted by Crippen LogP contribution is -2.30. The highest BCUT2D eigenvalue weighted by atomic mass is 16.5. The van der Waals surface area contributed by atoms with E-state index in [9.17, 15) is 4.79 Å². The number of hydrogen-bond acceptors (Lipinski definition) is 2. The van der Waals surface area contributed by atoms with Crippen molar-refractivity contribution >= 4 is 5.91 Å². The van der Waals surface area contributed by atoms with Crippen LogP contribution < -0.4 is 0 Å². The maximum atomic E-state index is 12.3. The number of nitrogens with zero attached hydrogens (tertiary/aromatic N) is 1. The number of fused-ring (bicyclic) bond motifs is 1. The second-order valence-electron chi connectivity index (χ2n) is 4.80. The number of ether oxygens (including phenoxy) is 1. The molecule has 0 spiro atoms. The van der Waals surface area contributed by atoms with Crippen LogP contribution in [0.2, 0.25) is 0 Å². The Labute approximate surface area is 107 Å². The van der Waals surface area contributed by atoms with Gasteiger partial charge in [-0.2, -0.15) is 0 Å². The Balaban J connectivity index is 1.89. The van der Waals surface area contributed by atoms with Crippen LogP contribution in [0.4, 0.5) is 0 Å². The Morgan fingerprint density at radius 3 is 2.89 bits per heavy atom. The van der Waals surface area contributed by atoms with Gasteiger partial charge >= 0.3 is 0 Å². The van der Waals surface area contributed by atoms with Crippen molar-refractivity contribution in [3.63, 3.8) is 0 Å². The normalized spacial score (nSPS) is 29.1. The third-order valence-electron chi connectivity index (χ3n) is 3.59. The van der Waals surface area contributed by atoms with Gasteiger partial charge in [-0.1, -0.05) is 43.3 Å². The molecule has 1 unspecified atom stereocenters. The highest BCUT2D eigenvalue weighted by Crippen LogP contribution is 2.39. The molecular weight excluding hydrogens is 226 g/mol. The number of carbonyl (C=O) groups is 1. The molecular formula is C15H17NO2. The van der Waals surface area contributed by atoms with E-state index >= 15 is 0 Å². The summed E-state index contributed by atoms with van der Waals surface area (Å²) < 4.78 is 5.78. The molecule has 2 atom stereocenters. The first kappa shape index (κ1) is 11.5. The molecule has 2 aliphatic heterocycles. The largest absolute Gasteiger partial charge is 0.352 e. The topological polar surface area (TPSA) is 29.5 Å². The molecule has 3 heteroatoms. The number of allylic oxidation sites excluding steroid dienone is 1. The lowest BCUT2D eigenvalue weighted by molar-refractivity contribution is -0.131. The van der Waals surface area contributed by atoms with E-state index < -0.39 is 0 Å². The monoisotopic (exact) mass is 243 g/mol. The molecule has 3 nitrogen and oxygen atoms in total. The van der Waals surface area contributed by atoms with E-state index in [0.717, 1.165) is 24.0 Å².